The van der Waals surface area contributed by atoms with Crippen molar-refractivity contribution in [2.24, 2.45) is 5.73 Å². The highest BCUT2D eigenvalue weighted by molar-refractivity contribution is 5.84. The third-order valence-corrected chi connectivity index (χ3v) is 3.49. The van der Waals surface area contributed by atoms with Gasteiger partial charge in [0.25, 0.3) is 5.91 Å². The van der Waals surface area contributed by atoms with E-state index in [1.54, 1.807) is 19.1 Å². The molecule has 19 heavy (non-hydrogen) atoms. The van der Waals surface area contributed by atoms with Gasteiger partial charge in [0.1, 0.15) is 11.4 Å². The highest BCUT2D eigenvalue weighted by Crippen LogP contribution is 2.25. The number of hydrogen-bond acceptors (Lipinski definition) is 3. The minimum atomic E-state index is -0.770. The minimum absolute atomic E-state index is 0.161. The predicted octanol–water partition coefficient (Wildman–Crippen LogP) is 1.47. The fourth-order valence-electron chi connectivity index (χ4n) is 2.18. The molecule has 0 aliphatic carbocycles. The van der Waals surface area contributed by atoms with Crippen molar-refractivity contribution < 1.29 is 13.9 Å². The van der Waals surface area contributed by atoms with E-state index in [9.17, 15) is 9.18 Å². The summed E-state index contributed by atoms with van der Waals surface area (Å²) in [6.07, 6.45) is 1.58. The van der Waals surface area contributed by atoms with Crippen molar-refractivity contribution in [2.75, 3.05) is 6.61 Å². The maximum absolute atomic E-state index is 13.7. The van der Waals surface area contributed by atoms with Crippen molar-refractivity contribution in [3.8, 4) is 0 Å². The van der Waals surface area contributed by atoms with Gasteiger partial charge >= 0.3 is 0 Å². The van der Waals surface area contributed by atoms with Gasteiger partial charge in [-0.25, -0.2) is 4.39 Å². The molecule has 104 valence electrons. The number of carbonyl (C=O) groups excluding carboxylic acids is 1. The number of ether oxygens (including phenoxy) is 1. The van der Waals surface area contributed by atoms with Crippen LogP contribution >= 0.6 is 0 Å². The first-order valence-corrected chi connectivity index (χ1v) is 6.45. The van der Waals surface area contributed by atoms with Crippen LogP contribution in [0.25, 0.3) is 0 Å². The largest absolute Gasteiger partial charge is 0.365 e. The Hall–Kier alpha value is -1.46. The van der Waals surface area contributed by atoms with Crippen LogP contribution < -0.4 is 11.1 Å². The first-order chi connectivity index (χ1) is 9.05. The summed E-state index contributed by atoms with van der Waals surface area (Å²) in [5.74, 6) is -0.534. The van der Waals surface area contributed by atoms with Crippen molar-refractivity contribution >= 4 is 5.91 Å². The average molecular weight is 266 g/mol. The van der Waals surface area contributed by atoms with Crippen LogP contribution in [0.3, 0.4) is 0 Å². The number of halogens is 1. The minimum Gasteiger partial charge on any atom is -0.365 e. The number of hydrogen-bond donors (Lipinski definition) is 2. The highest BCUT2D eigenvalue weighted by atomic mass is 19.1. The molecule has 0 saturated carbocycles. The van der Waals surface area contributed by atoms with E-state index in [0.29, 0.717) is 25.1 Å². The molecule has 0 spiro atoms. The molecule has 5 heteroatoms. The van der Waals surface area contributed by atoms with Crippen LogP contribution in [0.15, 0.2) is 18.2 Å². The lowest BCUT2D eigenvalue weighted by molar-refractivity contribution is -0.139. The third-order valence-electron chi connectivity index (χ3n) is 3.49. The monoisotopic (exact) mass is 266 g/mol. The van der Waals surface area contributed by atoms with Crippen molar-refractivity contribution in [3.63, 3.8) is 0 Å². The lowest BCUT2D eigenvalue weighted by Crippen LogP contribution is -2.43. The number of benzene rings is 1. The molecule has 1 atom stereocenters. The number of rotatable bonds is 4. The van der Waals surface area contributed by atoms with Crippen LogP contribution in [0.4, 0.5) is 4.39 Å². The van der Waals surface area contributed by atoms with Crippen LogP contribution in [-0.4, -0.2) is 18.1 Å². The van der Waals surface area contributed by atoms with E-state index in [4.69, 9.17) is 10.5 Å². The zero-order valence-corrected chi connectivity index (χ0v) is 11.0. The molecule has 3 N–H and O–H groups in total. The maximum Gasteiger partial charge on any atom is 0.252 e. The Bertz CT molecular complexity index is 471. The Morgan fingerprint density at radius 3 is 2.95 bits per heavy atom. The standard InChI is InChI=1S/C14H19FN2O2/c1-14(5-2-6-19-14)13(18)17-9-11-4-3-10(8-16)7-12(11)15/h3-4,7H,2,5-6,8-9,16H2,1H3,(H,17,18). The Morgan fingerprint density at radius 2 is 2.37 bits per heavy atom. The van der Waals surface area contributed by atoms with Gasteiger partial charge in [-0.2, -0.15) is 0 Å². The van der Waals surface area contributed by atoms with E-state index in [-0.39, 0.29) is 18.3 Å². The van der Waals surface area contributed by atoms with Crippen molar-refractivity contribution in [2.45, 2.75) is 38.5 Å². The van der Waals surface area contributed by atoms with Gasteiger partial charge in [0.2, 0.25) is 0 Å². The fourth-order valence-corrected chi connectivity index (χ4v) is 2.18. The van der Waals surface area contributed by atoms with Crippen molar-refractivity contribution in [1.82, 2.24) is 5.32 Å². The predicted molar refractivity (Wildman–Crippen MR) is 69.7 cm³/mol. The van der Waals surface area contributed by atoms with Gasteiger partial charge in [-0.15, -0.1) is 0 Å². The Morgan fingerprint density at radius 1 is 1.58 bits per heavy atom. The molecular formula is C14H19FN2O2. The molecule has 1 saturated heterocycles. The molecule has 1 aromatic rings. The second-order valence-electron chi connectivity index (χ2n) is 5.00. The first kappa shape index (κ1) is 14.0. The second kappa shape index (κ2) is 5.67. The SMILES string of the molecule is CC1(C(=O)NCc2ccc(CN)cc2F)CCCO1. The molecule has 0 bridgehead atoms. The molecule has 1 amide bonds. The van der Waals surface area contributed by atoms with E-state index in [1.165, 1.54) is 6.07 Å². The van der Waals surface area contributed by atoms with Gasteiger partial charge < -0.3 is 15.8 Å². The summed E-state index contributed by atoms with van der Waals surface area (Å²) in [5, 5.41) is 2.72. The summed E-state index contributed by atoms with van der Waals surface area (Å²) in [6, 6.07) is 4.81. The summed E-state index contributed by atoms with van der Waals surface area (Å²) < 4.78 is 19.2. The Kier molecular flexibility index (Phi) is 4.17. The van der Waals surface area contributed by atoms with E-state index in [1.807, 2.05) is 0 Å². The van der Waals surface area contributed by atoms with Gasteiger partial charge in [-0.3, -0.25) is 4.79 Å². The lowest BCUT2D eigenvalue weighted by Gasteiger charge is -2.22. The molecule has 1 aliphatic rings. The summed E-state index contributed by atoms with van der Waals surface area (Å²) in [4.78, 5) is 12.0. The van der Waals surface area contributed by atoms with Gasteiger partial charge in [0, 0.05) is 25.3 Å². The molecule has 1 fully saturated rings. The van der Waals surface area contributed by atoms with Crippen molar-refractivity contribution in [1.29, 1.82) is 0 Å². The quantitative estimate of drug-likeness (QED) is 0.867. The zero-order chi connectivity index (χ0) is 13.9. The van der Waals surface area contributed by atoms with Gasteiger partial charge in [0.15, 0.2) is 0 Å². The average Bonchev–Trinajstić information content (AvgIpc) is 2.85. The van der Waals surface area contributed by atoms with E-state index < -0.39 is 5.60 Å². The van der Waals surface area contributed by atoms with E-state index in [0.717, 1.165) is 12.0 Å². The van der Waals surface area contributed by atoms with Crippen LogP contribution in [0.5, 0.6) is 0 Å². The third kappa shape index (κ3) is 3.11. The summed E-state index contributed by atoms with van der Waals surface area (Å²) in [5.41, 5.74) is 5.85. The van der Waals surface area contributed by atoms with E-state index >= 15 is 0 Å². The summed E-state index contributed by atoms with van der Waals surface area (Å²) in [7, 11) is 0. The van der Waals surface area contributed by atoms with Crippen LogP contribution in [-0.2, 0) is 22.6 Å². The van der Waals surface area contributed by atoms with Crippen LogP contribution in [0.1, 0.15) is 30.9 Å². The maximum atomic E-state index is 13.7. The van der Waals surface area contributed by atoms with Gasteiger partial charge in [0.05, 0.1) is 0 Å². The molecular weight excluding hydrogens is 247 g/mol. The summed E-state index contributed by atoms with van der Waals surface area (Å²) in [6.45, 7) is 2.83. The molecule has 4 nitrogen and oxygen atoms in total. The Balaban J connectivity index is 1.97. The van der Waals surface area contributed by atoms with Crippen LogP contribution in [0.2, 0.25) is 0 Å². The van der Waals surface area contributed by atoms with Crippen LogP contribution in [0, 0.1) is 5.82 Å². The Labute approximate surface area is 112 Å². The number of amides is 1. The molecule has 1 aliphatic heterocycles. The topological polar surface area (TPSA) is 64.4 Å². The molecule has 0 radical (unpaired) electrons. The molecule has 1 unspecified atom stereocenters. The first-order valence-electron chi connectivity index (χ1n) is 6.45. The summed E-state index contributed by atoms with van der Waals surface area (Å²) >= 11 is 0. The molecule has 0 aromatic heterocycles. The second-order valence-corrected chi connectivity index (χ2v) is 5.00. The lowest BCUT2D eigenvalue weighted by atomic mass is 10.0. The normalized spacial score (nSPS) is 22.5. The molecule has 2 rings (SSSR count). The highest BCUT2D eigenvalue weighted by Gasteiger charge is 2.37. The molecule has 1 heterocycles. The fraction of sp³-hybridized carbons (Fsp3) is 0.500. The number of nitrogens with two attached hydrogens (primary N) is 1. The number of nitrogens with one attached hydrogen (secondary N) is 1. The van der Waals surface area contributed by atoms with Gasteiger partial charge in [-0.05, 0) is 31.4 Å². The molecule has 1 aromatic carbocycles. The number of carbonyl (C=O) groups is 1. The van der Waals surface area contributed by atoms with Gasteiger partial charge in [-0.1, -0.05) is 12.1 Å². The zero-order valence-electron chi connectivity index (χ0n) is 11.0. The van der Waals surface area contributed by atoms with Crippen molar-refractivity contribution in [3.05, 3.63) is 35.1 Å². The van der Waals surface area contributed by atoms with E-state index in [2.05, 4.69) is 5.32 Å². The smallest absolute Gasteiger partial charge is 0.252 e.